The lowest BCUT2D eigenvalue weighted by Crippen LogP contribution is -1.58. The summed E-state index contributed by atoms with van der Waals surface area (Å²) in [5.41, 5.74) is 1.93. The van der Waals surface area contributed by atoms with Crippen molar-refractivity contribution < 1.29 is 0 Å². The van der Waals surface area contributed by atoms with Crippen LogP contribution in [0.4, 0.5) is 0 Å². The van der Waals surface area contributed by atoms with Crippen molar-refractivity contribution in [2.45, 2.75) is 0 Å². The smallest absolute Gasteiger partial charge is 0.208 e. The van der Waals surface area contributed by atoms with Crippen molar-refractivity contribution in [1.82, 2.24) is 9.97 Å². The fourth-order valence-corrected chi connectivity index (χ4v) is 2.80. The summed E-state index contributed by atoms with van der Waals surface area (Å²) < 4.78 is 1.15. The number of hydrogen-bond donors (Lipinski definition) is 0. The van der Waals surface area contributed by atoms with Gasteiger partial charge in [-0.3, -0.25) is 0 Å². The van der Waals surface area contributed by atoms with Crippen molar-refractivity contribution in [3.8, 4) is 4.34 Å². The Kier molecular flexibility index (Phi) is 1.49. The summed E-state index contributed by atoms with van der Waals surface area (Å²) in [5, 5.41) is 4.06. The zero-order valence-electron chi connectivity index (χ0n) is 5.10. The van der Waals surface area contributed by atoms with Crippen LogP contribution in [-0.4, -0.2) is 9.97 Å². The summed E-state index contributed by atoms with van der Waals surface area (Å²) >= 11 is 1.68. The minimum atomic E-state index is 0.0756. The first-order chi connectivity index (χ1) is 4.97. The molecular formula is C6H5N2S2+. The second-order valence-corrected chi connectivity index (χ2v) is 4.48. The Labute approximate surface area is 65.2 Å². The Morgan fingerprint density at radius 3 is 3.00 bits per heavy atom. The zero-order chi connectivity index (χ0) is 6.81. The van der Waals surface area contributed by atoms with E-state index in [1.54, 1.807) is 11.3 Å². The molecule has 2 nitrogen and oxygen atoms in total. The molecule has 0 radical (unpaired) electrons. The highest BCUT2D eigenvalue weighted by Crippen LogP contribution is 2.29. The summed E-state index contributed by atoms with van der Waals surface area (Å²) in [4.78, 5) is 8.18. The van der Waals surface area contributed by atoms with Crippen molar-refractivity contribution in [2.75, 3.05) is 0 Å². The molecule has 0 aliphatic carbocycles. The van der Waals surface area contributed by atoms with E-state index >= 15 is 0 Å². The van der Waals surface area contributed by atoms with E-state index in [0.29, 0.717) is 0 Å². The molecule has 0 fully saturated rings. The zero-order valence-corrected chi connectivity index (χ0v) is 6.73. The fourth-order valence-electron chi connectivity index (χ4n) is 0.667. The second kappa shape index (κ2) is 2.48. The molecule has 0 N–H and O–H groups in total. The molecule has 0 amide bonds. The second-order valence-electron chi connectivity index (χ2n) is 1.71. The number of nitrogens with zero attached hydrogens (tertiary/aromatic N) is 2. The SMILES string of the molecule is c1c[s+](-c2nccs2)cn1. The summed E-state index contributed by atoms with van der Waals surface area (Å²) in [6, 6.07) is 0. The van der Waals surface area contributed by atoms with Crippen molar-refractivity contribution in [1.29, 1.82) is 0 Å². The van der Waals surface area contributed by atoms with E-state index in [-0.39, 0.29) is 10.5 Å². The summed E-state index contributed by atoms with van der Waals surface area (Å²) in [5.74, 6) is 0. The Balaban J connectivity index is 2.48. The summed E-state index contributed by atoms with van der Waals surface area (Å²) in [6.07, 6.45) is 3.65. The molecule has 1 unspecified atom stereocenters. The van der Waals surface area contributed by atoms with Crippen LogP contribution < -0.4 is 0 Å². The minimum absolute atomic E-state index is 0.0756. The summed E-state index contributed by atoms with van der Waals surface area (Å²) in [6.45, 7) is 0. The van der Waals surface area contributed by atoms with Crippen molar-refractivity contribution in [3.63, 3.8) is 0 Å². The van der Waals surface area contributed by atoms with E-state index in [4.69, 9.17) is 0 Å². The normalized spacial score (nSPS) is 11.8. The average molecular weight is 169 g/mol. The first-order valence-corrected chi connectivity index (χ1v) is 5.01. The summed E-state index contributed by atoms with van der Waals surface area (Å²) in [7, 11) is 0.0756. The van der Waals surface area contributed by atoms with E-state index in [9.17, 15) is 0 Å². The Bertz CT molecular complexity index is 253. The van der Waals surface area contributed by atoms with Gasteiger partial charge in [0.05, 0.1) is 16.7 Å². The largest absolute Gasteiger partial charge is 0.330 e. The molecule has 0 bridgehead atoms. The van der Waals surface area contributed by atoms with Gasteiger partial charge in [0.1, 0.15) is 0 Å². The number of rotatable bonds is 1. The van der Waals surface area contributed by atoms with Crippen LogP contribution in [0, 0.1) is 0 Å². The van der Waals surface area contributed by atoms with E-state index in [1.165, 1.54) is 0 Å². The van der Waals surface area contributed by atoms with Crippen LogP contribution in [0.2, 0.25) is 0 Å². The van der Waals surface area contributed by atoms with Crippen LogP contribution in [0.15, 0.2) is 28.7 Å². The maximum atomic E-state index is 4.19. The first-order valence-electron chi connectivity index (χ1n) is 2.78. The highest BCUT2D eigenvalue weighted by molar-refractivity contribution is 7.47. The Morgan fingerprint density at radius 1 is 1.40 bits per heavy atom. The van der Waals surface area contributed by atoms with Gasteiger partial charge >= 0.3 is 4.34 Å². The lowest BCUT2D eigenvalue weighted by Gasteiger charge is -1.71. The van der Waals surface area contributed by atoms with Gasteiger partial charge in [0.25, 0.3) is 0 Å². The van der Waals surface area contributed by atoms with E-state index < -0.39 is 0 Å². The van der Waals surface area contributed by atoms with Crippen LogP contribution in [0.5, 0.6) is 0 Å². The molecule has 0 saturated carbocycles. The topological polar surface area (TPSA) is 25.8 Å². The van der Waals surface area contributed by atoms with Crippen LogP contribution in [0.3, 0.4) is 0 Å². The molecule has 1 atom stereocenters. The lowest BCUT2D eigenvalue weighted by molar-refractivity contribution is 1.42. The van der Waals surface area contributed by atoms with Gasteiger partial charge in [0.15, 0.2) is 5.38 Å². The van der Waals surface area contributed by atoms with Crippen LogP contribution in [-0.2, 0) is 0 Å². The quantitative estimate of drug-likeness (QED) is 0.612. The molecule has 2 aromatic heterocycles. The molecule has 10 heavy (non-hydrogen) atoms. The lowest BCUT2D eigenvalue weighted by atomic mass is 11.0. The molecule has 0 saturated heterocycles. The molecular weight excluding hydrogens is 164 g/mol. The predicted molar refractivity (Wildman–Crippen MR) is 43.7 cm³/mol. The van der Waals surface area contributed by atoms with Gasteiger partial charge < -0.3 is 0 Å². The third kappa shape index (κ3) is 0.955. The van der Waals surface area contributed by atoms with Crippen LogP contribution >= 0.6 is 21.8 Å². The van der Waals surface area contributed by atoms with E-state index in [2.05, 4.69) is 15.3 Å². The van der Waals surface area contributed by atoms with Gasteiger partial charge in [0.2, 0.25) is 5.51 Å². The average Bonchev–Trinajstić information content (AvgIpc) is 2.59. The number of aromatic nitrogens is 2. The predicted octanol–water partition coefficient (Wildman–Crippen LogP) is 2.28. The van der Waals surface area contributed by atoms with Gasteiger partial charge in [-0.2, -0.15) is 4.98 Å². The van der Waals surface area contributed by atoms with Crippen molar-refractivity contribution >= 4 is 21.8 Å². The van der Waals surface area contributed by atoms with Gasteiger partial charge in [-0.1, -0.05) is 11.3 Å². The number of hydrogen-bond acceptors (Lipinski definition) is 3. The standard InChI is InChI=1S/C6H5N2S2/c1-3-9-6(8-1)10-4-2-7-5-10/h1-5H/q+1. The molecule has 0 spiro atoms. The molecule has 2 heterocycles. The molecule has 4 heteroatoms. The third-order valence-corrected chi connectivity index (χ3v) is 3.78. The van der Waals surface area contributed by atoms with Gasteiger partial charge in [0, 0.05) is 11.6 Å². The molecule has 2 aromatic rings. The van der Waals surface area contributed by atoms with Gasteiger partial charge in [-0.05, 0) is 0 Å². The number of thiazole rings is 2. The minimum Gasteiger partial charge on any atom is -0.208 e. The molecule has 0 aliphatic rings. The third-order valence-electron chi connectivity index (χ3n) is 1.08. The van der Waals surface area contributed by atoms with Crippen LogP contribution in [0.1, 0.15) is 0 Å². The molecule has 0 aromatic carbocycles. The van der Waals surface area contributed by atoms with E-state index in [0.717, 1.165) is 4.34 Å². The maximum Gasteiger partial charge on any atom is 0.330 e. The van der Waals surface area contributed by atoms with E-state index in [1.807, 2.05) is 23.3 Å². The Hall–Kier alpha value is -0.740. The highest BCUT2D eigenvalue weighted by Gasteiger charge is 2.09. The van der Waals surface area contributed by atoms with Crippen LogP contribution in [0.25, 0.3) is 4.34 Å². The first kappa shape index (κ1) is 6.00. The highest BCUT2D eigenvalue weighted by atomic mass is 32.2. The monoisotopic (exact) mass is 169 g/mol. The van der Waals surface area contributed by atoms with Gasteiger partial charge in [-0.25, -0.2) is 4.98 Å². The molecule has 50 valence electrons. The maximum absolute atomic E-state index is 4.19. The van der Waals surface area contributed by atoms with Crippen molar-refractivity contribution in [3.05, 3.63) is 28.7 Å². The van der Waals surface area contributed by atoms with Gasteiger partial charge in [-0.15, -0.1) is 0 Å². The Morgan fingerprint density at radius 2 is 2.40 bits per heavy atom. The fraction of sp³-hybridized carbons (Fsp3) is 0. The van der Waals surface area contributed by atoms with Crippen molar-refractivity contribution in [2.24, 2.45) is 0 Å². The molecule has 0 aliphatic heterocycles. The molecule has 2 rings (SSSR count).